The normalized spacial score (nSPS) is 12.3. The van der Waals surface area contributed by atoms with E-state index in [1.54, 1.807) is 0 Å². The Morgan fingerprint density at radius 3 is 2.68 bits per heavy atom. The molecule has 0 aromatic heterocycles. The summed E-state index contributed by atoms with van der Waals surface area (Å²) in [6.07, 6.45) is 2.46. The highest BCUT2D eigenvalue weighted by Crippen LogP contribution is 2.17. The molecule has 0 radical (unpaired) electrons. The number of methoxy groups -OCH3 is 1. The van der Waals surface area contributed by atoms with Gasteiger partial charge >= 0.3 is 5.97 Å². The van der Waals surface area contributed by atoms with Gasteiger partial charge in [0.1, 0.15) is 6.04 Å². The Morgan fingerprint density at radius 1 is 1.21 bits per heavy atom. The van der Waals surface area contributed by atoms with Crippen LogP contribution in [-0.2, 0) is 16.0 Å². The molecule has 2 aromatic carbocycles. The largest absolute Gasteiger partial charge is 0.468 e. The lowest BCUT2D eigenvalue weighted by atomic mass is 10.0. The number of rotatable bonds is 5. The first-order chi connectivity index (χ1) is 9.20. The van der Waals surface area contributed by atoms with Crippen LogP contribution in [0.4, 0.5) is 0 Å². The van der Waals surface area contributed by atoms with E-state index in [2.05, 4.69) is 35.1 Å². The molecule has 100 valence electrons. The number of fused-ring (bicyclic) bond motifs is 1. The van der Waals surface area contributed by atoms with Gasteiger partial charge in [-0.15, -0.1) is 0 Å². The first-order valence-corrected chi connectivity index (χ1v) is 6.52. The van der Waals surface area contributed by atoms with Crippen molar-refractivity contribution in [3.8, 4) is 0 Å². The predicted octanol–water partition coefficient (Wildman–Crippen LogP) is 2.66. The fourth-order valence-electron chi connectivity index (χ4n) is 2.19. The molecule has 19 heavy (non-hydrogen) atoms. The van der Waals surface area contributed by atoms with E-state index >= 15 is 0 Å². The summed E-state index contributed by atoms with van der Waals surface area (Å²) in [6, 6.07) is 14.2. The summed E-state index contributed by atoms with van der Waals surface area (Å²) in [5.41, 5.74) is 6.98. The standard InChI is InChI=1S/C16H19NO2/c1-19-16(18)15(17)8-4-5-12-9-10-13-6-2-3-7-14(13)11-12/h2-3,6-7,9-11,15H,4-5,8,17H2,1H3. The van der Waals surface area contributed by atoms with Crippen molar-refractivity contribution < 1.29 is 9.53 Å². The van der Waals surface area contributed by atoms with E-state index in [0.717, 1.165) is 12.8 Å². The minimum Gasteiger partial charge on any atom is -0.468 e. The highest BCUT2D eigenvalue weighted by Gasteiger charge is 2.12. The predicted molar refractivity (Wildman–Crippen MR) is 76.9 cm³/mol. The van der Waals surface area contributed by atoms with Crippen molar-refractivity contribution in [2.45, 2.75) is 25.3 Å². The summed E-state index contributed by atoms with van der Waals surface area (Å²) in [5, 5.41) is 2.50. The quantitative estimate of drug-likeness (QED) is 0.838. The molecular formula is C16H19NO2. The maximum absolute atomic E-state index is 11.2. The number of hydrogen-bond donors (Lipinski definition) is 1. The molecule has 0 amide bonds. The fraction of sp³-hybridized carbons (Fsp3) is 0.312. The minimum atomic E-state index is -0.509. The van der Waals surface area contributed by atoms with E-state index in [0.29, 0.717) is 6.42 Å². The average molecular weight is 257 g/mol. The molecule has 0 spiro atoms. The summed E-state index contributed by atoms with van der Waals surface area (Å²) in [4.78, 5) is 11.2. The molecule has 0 fully saturated rings. The number of carbonyl (C=O) groups excluding carboxylic acids is 1. The smallest absolute Gasteiger partial charge is 0.322 e. The van der Waals surface area contributed by atoms with Crippen LogP contribution in [0, 0.1) is 0 Å². The number of ether oxygens (including phenoxy) is 1. The summed E-state index contributed by atoms with van der Waals surface area (Å²) in [7, 11) is 1.37. The van der Waals surface area contributed by atoms with Crippen molar-refractivity contribution >= 4 is 16.7 Å². The van der Waals surface area contributed by atoms with Gasteiger partial charge in [-0.25, -0.2) is 0 Å². The van der Waals surface area contributed by atoms with Crippen LogP contribution in [0.5, 0.6) is 0 Å². The third kappa shape index (κ3) is 3.55. The molecule has 2 rings (SSSR count). The van der Waals surface area contributed by atoms with Gasteiger partial charge in [-0.2, -0.15) is 0 Å². The summed E-state index contributed by atoms with van der Waals surface area (Å²) < 4.78 is 4.61. The van der Waals surface area contributed by atoms with E-state index in [-0.39, 0.29) is 5.97 Å². The summed E-state index contributed by atoms with van der Waals surface area (Å²) >= 11 is 0. The van der Waals surface area contributed by atoms with Crippen LogP contribution in [0.1, 0.15) is 18.4 Å². The van der Waals surface area contributed by atoms with E-state index in [9.17, 15) is 4.79 Å². The van der Waals surface area contributed by atoms with Gasteiger partial charge in [0.25, 0.3) is 0 Å². The molecule has 2 aromatic rings. The van der Waals surface area contributed by atoms with Gasteiger partial charge < -0.3 is 10.5 Å². The van der Waals surface area contributed by atoms with Crippen molar-refractivity contribution in [3.05, 3.63) is 48.0 Å². The molecule has 0 aliphatic rings. The second-order valence-electron chi connectivity index (χ2n) is 4.70. The van der Waals surface area contributed by atoms with Gasteiger partial charge in [-0.05, 0) is 35.6 Å². The lowest BCUT2D eigenvalue weighted by Crippen LogP contribution is -2.31. The van der Waals surface area contributed by atoms with Gasteiger partial charge in [-0.1, -0.05) is 42.5 Å². The molecule has 3 nitrogen and oxygen atoms in total. The molecule has 0 aliphatic heterocycles. The zero-order valence-electron chi connectivity index (χ0n) is 11.1. The van der Waals surface area contributed by atoms with E-state index in [1.807, 2.05) is 12.1 Å². The fourth-order valence-corrected chi connectivity index (χ4v) is 2.19. The van der Waals surface area contributed by atoms with Crippen molar-refractivity contribution in [1.29, 1.82) is 0 Å². The zero-order chi connectivity index (χ0) is 13.7. The van der Waals surface area contributed by atoms with Crippen molar-refractivity contribution in [2.75, 3.05) is 7.11 Å². The van der Waals surface area contributed by atoms with Gasteiger partial charge in [0.15, 0.2) is 0 Å². The topological polar surface area (TPSA) is 52.3 Å². The number of aryl methyl sites for hydroxylation is 1. The Morgan fingerprint density at radius 2 is 1.95 bits per heavy atom. The number of benzene rings is 2. The molecule has 0 heterocycles. The summed E-state index contributed by atoms with van der Waals surface area (Å²) in [5.74, 6) is -0.335. The number of hydrogen-bond acceptors (Lipinski definition) is 3. The Balaban J connectivity index is 1.93. The van der Waals surface area contributed by atoms with Crippen LogP contribution >= 0.6 is 0 Å². The molecule has 0 saturated carbocycles. The van der Waals surface area contributed by atoms with Crippen LogP contribution in [0.2, 0.25) is 0 Å². The molecular weight excluding hydrogens is 238 g/mol. The average Bonchev–Trinajstić information content (AvgIpc) is 2.46. The SMILES string of the molecule is COC(=O)C(N)CCCc1ccc2ccccc2c1. The molecule has 0 bridgehead atoms. The molecule has 0 saturated heterocycles. The van der Waals surface area contributed by atoms with Gasteiger partial charge in [0, 0.05) is 0 Å². The Hall–Kier alpha value is -1.87. The Bertz CT molecular complexity index is 565. The second kappa shape index (κ2) is 6.34. The van der Waals surface area contributed by atoms with Crippen molar-refractivity contribution in [1.82, 2.24) is 0 Å². The Kier molecular flexibility index (Phi) is 4.53. The van der Waals surface area contributed by atoms with E-state index in [4.69, 9.17) is 5.73 Å². The monoisotopic (exact) mass is 257 g/mol. The van der Waals surface area contributed by atoms with E-state index in [1.165, 1.54) is 23.4 Å². The van der Waals surface area contributed by atoms with Crippen molar-refractivity contribution in [3.63, 3.8) is 0 Å². The lowest BCUT2D eigenvalue weighted by Gasteiger charge is -2.09. The molecule has 1 unspecified atom stereocenters. The lowest BCUT2D eigenvalue weighted by molar-refractivity contribution is -0.142. The molecule has 0 aliphatic carbocycles. The van der Waals surface area contributed by atoms with Crippen LogP contribution in [-0.4, -0.2) is 19.1 Å². The molecule has 2 N–H and O–H groups in total. The second-order valence-corrected chi connectivity index (χ2v) is 4.70. The van der Waals surface area contributed by atoms with Crippen LogP contribution in [0.15, 0.2) is 42.5 Å². The van der Waals surface area contributed by atoms with Crippen molar-refractivity contribution in [2.24, 2.45) is 5.73 Å². The first-order valence-electron chi connectivity index (χ1n) is 6.52. The van der Waals surface area contributed by atoms with Gasteiger partial charge in [-0.3, -0.25) is 4.79 Å². The van der Waals surface area contributed by atoms with Gasteiger partial charge in [0.2, 0.25) is 0 Å². The molecule has 3 heteroatoms. The third-order valence-corrected chi connectivity index (χ3v) is 3.30. The Labute approximate surface area is 113 Å². The molecule has 1 atom stereocenters. The third-order valence-electron chi connectivity index (χ3n) is 3.30. The number of carbonyl (C=O) groups is 1. The highest BCUT2D eigenvalue weighted by molar-refractivity contribution is 5.83. The van der Waals surface area contributed by atoms with Crippen LogP contribution in [0.25, 0.3) is 10.8 Å². The van der Waals surface area contributed by atoms with Crippen LogP contribution in [0.3, 0.4) is 0 Å². The van der Waals surface area contributed by atoms with Crippen LogP contribution < -0.4 is 5.73 Å². The maximum atomic E-state index is 11.2. The summed E-state index contributed by atoms with van der Waals surface area (Å²) in [6.45, 7) is 0. The van der Waals surface area contributed by atoms with Gasteiger partial charge in [0.05, 0.1) is 7.11 Å². The highest BCUT2D eigenvalue weighted by atomic mass is 16.5. The number of esters is 1. The van der Waals surface area contributed by atoms with E-state index < -0.39 is 6.04 Å². The minimum absolute atomic E-state index is 0.335. The first kappa shape index (κ1) is 13.6. The maximum Gasteiger partial charge on any atom is 0.322 e. The zero-order valence-corrected chi connectivity index (χ0v) is 11.1. The number of nitrogens with two attached hydrogens (primary N) is 1.